The molecule has 1 saturated heterocycles. The highest BCUT2D eigenvalue weighted by atomic mass is 16.6. The number of nitrogens with two attached hydrogens (primary N) is 1. The van der Waals surface area contributed by atoms with E-state index >= 15 is 0 Å². The minimum Gasteiger partial charge on any atom is -0.370 e. The van der Waals surface area contributed by atoms with Crippen molar-refractivity contribution >= 4 is 0 Å². The minimum atomic E-state index is 0.590. The van der Waals surface area contributed by atoms with Gasteiger partial charge in [-0.2, -0.15) is 0 Å². The van der Waals surface area contributed by atoms with E-state index in [1.807, 2.05) is 0 Å². The molecule has 0 bridgehead atoms. The first-order chi connectivity index (χ1) is 4.90. The average molecular weight is 142 g/mol. The van der Waals surface area contributed by atoms with E-state index in [0.717, 1.165) is 12.5 Å². The van der Waals surface area contributed by atoms with Crippen LogP contribution in [0, 0.1) is 5.92 Å². The molecule has 0 amide bonds. The van der Waals surface area contributed by atoms with Crippen molar-refractivity contribution in [3.8, 4) is 0 Å². The van der Waals surface area contributed by atoms with E-state index in [-0.39, 0.29) is 0 Å². The summed E-state index contributed by atoms with van der Waals surface area (Å²) in [6, 6.07) is 0. The molecule has 0 aromatic heterocycles. The molecule has 2 fully saturated rings. The van der Waals surface area contributed by atoms with Crippen LogP contribution in [0.2, 0.25) is 0 Å². The van der Waals surface area contributed by atoms with Gasteiger partial charge in [-0.1, -0.05) is 0 Å². The normalized spacial score (nSPS) is 44.7. The van der Waals surface area contributed by atoms with Crippen LogP contribution >= 0.6 is 0 Å². The number of hydrazine groups is 1. The van der Waals surface area contributed by atoms with Gasteiger partial charge in [0, 0.05) is 6.54 Å². The lowest BCUT2D eigenvalue weighted by molar-refractivity contribution is 0.354. The second-order valence-electron chi connectivity index (χ2n) is 3.30. The van der Waals surface area contributed by atoms with Crippen LogP contribution in [0.1, 0.15) is 19.3 Å². The molecule has 0 aromatic carbocycles. The Kier molecular flexibility index (Phi) is 1.64. The third kappa shape index (κ3) is 1.17. The van der Waals surface area contributed by atoms with Crippen LogP contribution < -0.4 is 11.3 Å². The minimum absolute atomic E-state index is 0.590. The maximum absolute atomic E-state index is 5.39. The second kappa shape index (κ2) is 2.49. The molecule has 2 rings (SSSR count). The molecule has 2 aliphatic rings. The van der Waals surface area contributed by atoms with Gasteiger partial charge in [0.2, 0.25) is 0 Å². The molecule has 0 radical (unpaired) electrons. The van der Waals surface area contributed by atoms with E-state index in [1.54, 1.807) is 0 Å². The topological polar surface area (TPSA) is 50.6 Å². The van der Waals surface area contributed by atoms with E-state index in [0.29, 0.717) is 12.2 Å². The molecule has 10 heavy (non-hydrogen) atoms. The van der Waals surface area contributed by atoms with Gasteiger partial charge < -0.3 is 4.74 Å². The fourth-order valence-electron chi connectivity index (χ4n) is 1.84. The van der Waals surface area contributed by atoms with Crippen LogP contribution in [0.5, 0.6) is 0 Å². The van der Waals surface area contributed by atoms with E-state index in [1.165, 1.54) is 19.3 Å². The third-order valence-electron chi connectivity index (χ3n) is 2.52. The van der Waals surface area contributed by atoms with Gasteiger partial charge in [0.25, 0.3) is 0 Å². The number of fused-ring (bicyclic) bond motifs is 1. The zero-order chi connectivity index (χ0) is 6.97. The van der Waals surface area contributed by atoms with Crippen LogP contribution in [0.4, 0.5) is 0 Å². The summed E-state index contributed by atoms with van der Waals surface area (Å²) in [5, 5.41) is 0. The molecule has 1 aliphatic heterocycles. The Hall–Kier alpha value is -0.120. The molecule has 58 valence electrons. The molecule has 3 atom stereocenters. The Labute approximate surface area is 60.9 Å². The smallest absolute Gasteiger partial charge is 0.0845 e. The number of hydrogen-bond donors (Lipinski definition) is 2. The number of rotatable bonds is 2. The Morgan fingerprint density at radius 3 is 3.00 bits per heavy atom. The number of nitrogens with one attached hydrogen (secondary N) is 1. The standard InChI is InChI=1S/C7H14N2O/c8-9-4-5-1-2-6-7(3-5)10-6/h5-7,9H,1-4,8H2. The van der Waals surface area contributed by atoms with Crippen LogP contribution in [-0.4, -0.2) is 18.8 Å². The molecule has 3 heteroatoms. The summed E-state index contributed by atoms with van der Waals surface area (Å²) < 4.78 is 5.39. The van der Waals surface area contributed by atoms with Crippen molar-refractivity contribution in [1.82, 2.24) is 5.43 Å². The Morgan fingerprint density at radius 2 is 2.30 bits per heavy atom. The summed E-state index contributed by atoms with van der Waals surface area (Å²) in [6.45, 7) is 0.951. The fourth-order valence-corrected chi connectivity index (χ4v) is 1.84. The van der Waals surface area contributed by atoms with E-state index in [4.69, 9.17) is 10.6 Å². The summed E-state index contributed by atoms with van der Waals surface area (Å²) in [5.41, 5.74) is 2.72. The Bertz CT molecular complexity index is 129. The molecule has 1 saturated carbocycles. The number of ether oxygens (including phenoxy) is 1. The summed E-state index contributed by atoms with van der Waals surface area (Å²) in [5.74, 6) is 5.99. The highest BCUT2D eigenvalue weighted by molar-refractivity contribution is 4.91. The summed E-state index contributed by atoms with van der Waals surface area (Å²) >= 11 is 0. The summed E-state index contributed by atoms with van der Waals surface area (Å²) in [6.07, 6.45) is 4.96. The van der Waals surface area contributed by atoms with E-state index < -0.39 is 0 Å². The summed E-state index contributed by atoms with van der Waals surface area (Å²) in [7, 11) is 0. The van der Waals surface area contributed by atoms with Crippen molar-refractivity contribution < 1.29 is 4.74 Å². The quantitative estimate of drug-likeness (QED) is 0.324. The zero-order valence-corrected chi connectivity index (χ0v) is 6.05. The van der Waals surface area contributed by atoms with Crippen molar-refractivity contribution in [2.24, 2.45) is 11.8 Å². The first kappa shape index (κ1) is 6.58. The van der Waals surface area contributed by atoms with Crippen LogP contribution in [0.3, 0.4) is 0 Å². The molecule has 3 unspecified atom stereocenters. The first-order valence-electron chi connectivity index (χ1n) is 3.99. The predicted octanol–water partition coefficient (Wildman–Crippen LogP) is 0.0172. The molecule has 0 spiro atoms. The summed E-state index contributed by atoms with van der Waals surface area (Å²) in [4.78, 5) is 0. The van der Waals surface area contributed by atoms with Crippen LogP contribution in [-0.2, 0) is 4.74 Å². The van der Waals surface area contributed by atoms with Gasteiger partial charge in [0.1, 0.15) is 0 Å². The highest BCUT2D eigenvalue weighted by Gasteiger charge is 2.43. The average Bonchev–Trinajstić information content (AvgIpc) is 2.66. The molecule has 3 nitrogen and oxygen atoms in total. The van der Waals surface area contributed by atoms with Crippen molar-refractivity contribution in [2.45, 2.75) is 31.5 Å². The molecule has 1 aliphatic carbocycles. The largest absolute Gasteiger partial charge is 0.370 e. The highest BCUT2D eigenvalue weighted by Crippen LogP contribution is 2.38. The first-order valence-corrected chi connectivity index (χ1v) is 3.99. The van der Waals surface area contributed by atoms with Gasteiger partial charge in [-0.3, -0.25) is 11.3 Å². The molecule has 3 N–H and O–H groups in total. The lowest BCUT2D eigenvalue weighted by atomic mass is 9.89. The molecule has 0 aromatic rings. The van der Waals surface area contributed by atoms with Crippen LogP contribution in [0.25, 0.3) is 0 Å². The van der Waals surface area contributed by atoms with Gasteiger partial charge in [0.15, 0.2) is 0 Å². The molecular formula is C7H14N2O. The van der Waals surface area contributed by atoms with Gasteiger partial charge in [-0.05, 0) is 25.2 Å². The number of hydrogen-bond acceptors (Lipinski definition) is 3. The van der Waals surface area contributed by atoms with Crippen LogP contribution in [0.15, 0.2) is 0 Å². The van der Waals surface area contributed by atoms with Crippen molar-refractivity contribution in [3.05, 3.63) is 0 Å². The third-order valence-corrected chi connectivity index (χ3v) is 2.52. The second-order valence-corrected chi connectivity index (χ2v) is 3.30. The zero-order valence-electron chi connectivity index (χ0n) is 6.05. The SMILES string of the molecule is NNCC1CCC2OC2C1. The Morgan fingerprint density at radius 1 is 1.40 bits per heavy atom. The Balaban J connectivity index is 1.77. The lowest BCUT2D eigenvalue weighted by Crippen LogP contribution is -2.31. The van der Waals surface area contributed by atoms with Crippen molar-refractivity contribution in [3.63, 3.8) is 0 Å². The van der Waals surface area contributed by atoms with E-state index in [2.05, 4.69) is 5.43 Å². The maximum atomic E-state index is 5.39. The van der Waals surface area contributed by atoms with Crippen molar-refractivity contribution in [1.29, 1.82) is 0 Å². The van der Waals surface area contributed by atoms with Gasteiger partial charge in [-0.15, -0.1) is 0 Å². The van der Waals surface area contributed by atoms with Gasteiger partial charge in [-0.25, -0.2) is 0 Å². The van der Waals surface area contributed by atoms with E-state index in [9.17, 15) is 0 Å². The fraction of sp³-hybridized carbons (Fsp3) is 1.00. The molecular weight excluding hydrogens is 128 g/mol. The monoisotopic (exact) mass is 142 g/mol. The van der Waals surface area contributed by atoms with Gasteiger partial charge in [0.05, 0.1) is 12.2 Å². The maximum Gasteiger partial charge on any atom is 0.0845 e. The predicted molar refractivity (Wildman–Crippen MR) is 38.2 cm³/mol. The lowest BCUT2D eigenvalue weighted by Gasteiger charge is -2.17. The van der Waals surface area contributed by atoms with Crippen molar-refractivity contribution in [2.75, 3.05) is 6.54 Å². The number of epoxide rings is 1. The molecule has 1 heterocycles. The van der Waals surface area contributed by atoms with Gasteiger partial charge >= 0.3 is 0 Å².